The largest absolute Gasteiger partial charge is 0.390 e. The fraction of sp³-hybridized carbons (Fsp3) is 1.00. The maximum Gasteiger partial charge on any atom is 0.176 e. The molecule has 2 saturated heterocycles. The second-order valence-corrected chi connectivity index (χ2v) is 5.96. The van der Waals surface area contributed by atoms with Gasteiger partial charge in [0.2, 0.25) is 0 Å². The summed E-state index contributed by atoms with van der Waals surface area (Å²) in [4.78, 5) is 2.24. The van der Waals surface area contributed by atoms with Crippen molar-refractivity contribution in [3.8, 4) is 0 Å². The minimum Gasteiger partial charge on any atom is -0.390 e. The number of aliphatic hydroxyl groups is 1. The van der Waals surface area contributed by atoms with Gasteiger partial charge in [0.05, 0.1) is 24.8 Å². The summed E-state index contributed by atoms with van der Waals surface area (Å²) in [5, 5.41) is 14.2. The van der Waals surface area contributed by atoms with E-state index in [0.29, 0.717) is 6.61 Å². The van der Waals surface area contributed by atoms with Crippen LogP contribution in [0.2, 0.25) is 0 Å². The molecule has 5 unspecified atom stereocenters. The Labute approximate surface area is 115 Å². The van der Waals surface area contributed by atoms with Crippen LogP contribution in [-0.2, 0) is 9.47 Å². The van der Waals surface area contributed by atoms with Crippen LogP contribution in [0.5, 0.6) is 0 Å². The molecule has 2 aliphatic heterocycles. The van der Waals surface area contributed by atoms with Crippen LogP contribution in [0, 0.1) is 5.92 Å². The number of ether oxygens (including phenoxy) is 2. The van der Waals surface area contributed by atoms with Crippen LogP contribution in [0.1, 0.15) is 26.7 Å². The van der Waals surface area contributed by atoms with Crippen molar-refractivity contribution in [3.05, 3.63) is 0 Å². The predicted octanol–water partition coefficient (Wildman–Crippen LogP) is 0.181. The molecule has 3 fully saturated rings. The van der Waals surface area contributed by atoms with Crippen LogP contribution < -0.4 is 5.32 Å². The van der Waals surface area contributed by atoms with Crippen molar-refractivity contribution in [1.29, 1.82) is 0 Å². The lowest BCUT2D eigenvalue weighted by molar-refractivity contribution is -0.181. The lowest BCUT2D eigenvalue weighted by Gasteiger charge is -2.43. The van der Waals surface area contributed by atoms with Crippen molar-refractivity contribution >= 4 is 0 Å². The summed E-state index contributed by atoms with van der Waals surface area (Å²) >= 11 is 0. The molecule has 19 heavy (non-hydrogen) atoms. The van der Waals surface area contributed by atoms with E-state index in [-0.39, 0.29) is 24.5 Å². The van der Waals surface area contributed by atoms with Gasteiger partial charge in [-0.3, -0.25) is 4.90 Å². The van der Waals surface area contributed by atoms with Crippen LogP contribution in [-0.4, -0.2) is 66.8 Å². The fourth-order valence-electron chi connectivity index (χ4n) is 3.31. The number of nitrogens with one attached hydrogen (secondary N) is 1. The Morgan fingerprint density at radius 1 is 1.26 bits per heavy atom. The number of hydrogen-bond donors (Lipinski definition) is 2. The normalized spacial score (nSPS) is 42.0. The van der Waals surface area contributed by atoms with Gasteiger partial charge in [-0.15, -0.1) is 0 Å². The van der Waals surface area contributed by atoms with Gasteiger partial charge in [0.1, 0.15) is 6.10 Å². The number of hydrogen-bond acceptors (Lipinski definition) is 5. The van der Waals surface area contributed by atoms with Gasteiger partial charge in [-0.25, -0.2) is 0 Å². The van der Waals surface area contributed by atoms with Gasteiger partial charge >= 0.3 is 0 Å². The average Bonchev–Trinajstić information content (AvgIpc) is 3.14. The SMILES string of the molecule is CCN(CC)C1C2OCC(O2)C(NCC2CC2)C1O. The van der Waals surface area contributed by atoms with Crippen LogP contribution >= 0.6 is 0 Å². The third-order valence-corrected chi connectivity index (χ3v) is 4.70. The molecule has 3 rings (SSSR count). The number of aliphatic hydroxyl groups excluding tert-OH is 1. The van der Waals surface area contributed by atoms with Crippen LogP contribution in [0.15, 0.2) is 0 Å². The summed E-state index contributed by atoms with van der Waals surface area (Å²) < 4.78 is 11.7. The minimum absolute atomic E-state index is 0.00458. The molecule has 1 saturated carbocycles. The lowest BCUT2D eigenvalue weighted by Crippen LogP contribution is -2.64. The molecule has 0 aromatic rings. The van der Waals surface area contributed by atoms with Gasteiger partial charge in [-0.05, 0) is 38.4 Å². The Morgan fingerprint density at radius 2 is 2.00 bits per heavy atom. The Hall–Kier alpha value is -0.200. The summed E-state index contributed by atoms with van der Waals surface area (Å²) in [6.45, 7) is 7.63. The summed E-state index contributed by atoms with van der Waals surface area (Å²) in [5.74, 6) is 0.805. The molecule has 0 aromatic carbocycles. The van der Waals surface area contributed by atoms with Crippen molar-refractivity contribution in [2.24, 2.45) is 5.92 Å². The van der Waals surface area contributed by atoms with Crippen LogP contribution in [0.3, 0.4) is 0 Å². The Bertz CT molecular complexity index is 305. The van der Waals surface area contributed by atoms with Crippen molar-refractivity contribution in [1.82, 2.24) is 10.2 Å². The van der Waals surface area contributed by atoms with E-state index in [2.05, 4.69) is 24.1 Å². The van der Waals surface area contributed by atoms with Gasteiger partial charge in [0.25, 0.3) is 0 Å². The molecule has 5 nitrogen and oxygen atoms in total. The van der Waals surface area contributed by atoms with E-state index in [1.807, 2.05) is 0 Å². The van der Waals surface area contributed by atoms with E-state index in [0.717, 1.165) is 25.6 Å². The van der Waals surface area contributed by atoms with Crippen molar-refractivity contribution < 1.29 is 14.6 Å². The number of nitrogens with zero attached hydrogens (tertiary/aromatic N) is 1. The first-order chi connectivity index (χ1) is 9.24. The zero-order valence-corrected chi connectivity index (χ0v) is 11.9. The Balaban J connectivity index is 1.69. The molecule has 5 heteroatoms. The van der Waals surface area contributed by atoms with Gasteiger partial charge in [0.15, 0.2) is 6.29 Å². The van der Waals surface area contributed by atoms with Gasteiger partial charge in [0, 0.05) is 0 Å². The molecule has 1 aliphatic carbocycles. The first-order valence-electron chi connectivity index (χ1n) is 7.67. The standard InChI is InChI=1S/C14H26N2O3/c1-3-16(4-2)12-13(17)11(15-7-9-5-6-9)10-8-18-14(12)19-10/h9-15,17H,3-8H2,1-2H3. The molecule has 2 heterocycles. The van der Waals surface area contributed by atoms with E-state index >= 15 is 0 Å². The molecule has 0 radical (unpaired) electrons. The van der Waals surface area contributed by atoms with E-state index in [9.17, 15) is 5.11 Å². The molecule has 0 aromatic heterocycles. The second kappa shape index (κ2) is 5.66. The average molecular weight is 270 g/mol. The third kappa shape index (κ3) is 2.67. The lowest BCUT2D eigenvalue weighted by atomic mass is 9.94. The number of rotatable bonds is 6. The highest BCUT2D eigenvalue weighted by atomic mass is 16.7. The maximum absolute atomic E-state index is 10.7. The molecule has 2 N–H and O–H groups in total. The van der Waals surface area contributed by atoms with Gasteiger partial charge < -0.3 is 19.9 Å². The van der Waals surface area contributed by atoms with Crippen LogP contribution in [0.25, 0.3) is 0 Å². The first-order valence-corrected chi connectivity index (χ1v) is 7.67. The zero-order valence-electron chi connectivity index (χ0n) is 11.9. The van der Waals surface area contributed by atoms with E-state index in [1.165, 1.54) is 12.8 Å². The summed E-state index contributed by atoms with van der Waals surface area (Å²) in [5.41, 5.74) is 0. The summed E-state index contributed by atoms with van der Waals surface area (Å²) in [6.07, 6.45) is 1.97. The fourth-order valence-corrected chi connectivity index (χ4v) is 3.31. The number of likely N-dealkylation sites (N-methyl/N-ethyl adjacent to an activating group) is 1. The van der Waals surface area contributed by atoms with Crippen LogP contribution in [0.4, 0.5) is 0 Å². The maximum atomic E-state index is 10.7. The molecule has 0 amide bonds. The zero-order chi connectivity index (χ0) is 13.4. The van der Waals surface area contributed by atoms with Crippen molar-refractivity contribution in [2.75, 3.05) is 26.2 Å². The molecule has 0 spiro atoms. The second-order valence-electron chi connectivity index (χ2n) is 5.96. The first kappa shape index (κ1) is 13.8. The quantitative estimate of drug-likeness (QED) is 0.721. The molecule has 2 bridgehead atoms. The molecular formula is C14H26N2O3. The molecule has 3 aliphatic rings. The number of fused-ring (bicyclic) bond motifs is 2. The van der Waals surface area contributed by atoms with E-state index in [4.69, 9.17) is 9.47 Å². The third-order valence-electron chi connectivity index (χ3n) is 4.70. The highest BCUT2D eigenvalue weighted by Gasteiger charge is 2.51. The Morgan fingerprint density at radius 3 is 2.63 bits per heavy atom. The minimum atomic E-state index is -0.412. The molecule has 110 valence electrons. The smallest absolute Gasteiger partial charge is 0.176 e. The summed E-state index contributed by atoms with van der Waals surface area (Å²) in [6, 6.07) is -0.0459. The Kier molecular flexibility index (Phi) is 4.10. The molecular weight excluding hydrogens is 244 g/mol. The predicted molar refractivity (Wildman–Crippen MR) is 71.8 cm³/mol. The summed E-state index contributed by atoms with van der Waals surface area (Å²) in [7, 11) is 0. The van der Waals surface area contributed by atoms with Gasteiger partial charge in [-0.1, -0.05) is 13.8 Å². The molecule has 5 atom stereocenters. The van der Waals surface area contributed by atoms with E-state index in [1.54, 1.807) is 0 Å². The monoisotopic (exact) mass is 270 g/mol. The van der Waals surface area contributed by atoms with E-state index < -0.39 is 6.10 Å². The highest BCUT2D eigenvalue weighted by molar-refractivity contribution is 5.01. The topological polar surface area (TPSA) is 54.0 Å². The van der Waals surface area contributed by atoms with Crippen molar-refractivity contribution in [3.63, 3.8) is 0 Å². The van der Waals surface area contributed by atoms with Crippen molar-refractivity contribution in [2.45, 2.75) is 57.3 Å². The highest BCUT2D eigenvalue weighted by Crippen LogP contribution is 2.33. The van der Waals surface area contributed by atoms with Gasteiger partial charge in [-0.2, -0.15) is 0 Å².